The molecule has 40 heavy (non-hydrogen) atoms. The van der Waals surface area contributed by atoms with Crippen LogP contribution in [0.4, 0.5) is 11.4 Å². The predicted molar refractivity (Wildman–Crippen MR) is 155 cm³/mol. The molecule has 0 spiro atoms. The maximum absolute atomic E-state index is 12.3. The molecular weight excluding hydrogens is 504 g/mol. The second-order valence-electron chi connectivity index (χ2n) is 12.6. The van der Waals surface area contributed by atoms with E-state index in [1.54, 1.807) is 0 Å². The van der Waals surface area contributed by atoms with E-state index in [1.165, 1.54) is 18.1 Å². The van der Waals surface area contributed by atoms with Gasteiger partial charge in [0, 0.05) is 37.2 Å². The van der Waals surface area contributed by atoms with E-state index in [1.807, 2.05) is 43.4 Å². The number of fused-ring (bicyclic) bond motifs is 2. The van der Waals surface area contributed by atoms with E-state index in [9.17, 15) is 14.4 Å². The van der Waals surface area contributed by atoms with Crippen molar-refractivity contribution < 1.29 is 23.9 Å². The van der Waals surface area contributed by atoms with Gasteiger partial charge in [0.2, 0.25) is 5.91 Å². The largest absolute Gasteiger partial charge is 0.465 e. The molecule has 7 heteroatoms. The van der Waals surface area contributed by atoms with Crippen molar-refractivity contribution in [3.63, 3.8) is 0 Å². The quantitative estimate of drug-likeness (QED) is 0.366. The van der Waals surface area contributed by atoms with Crippen molar-refractivity contribution >= 4 is 29.2 Å². The maximum atomic E-state index is 12.3. The van der Waals surface area contributed by atoms with Crippen LogP contribution in [0.15, 0.2) is 60.7 Å². The molecule has 2 heterocycles. The first kappa shape index (κ1) is 27.9. The monoisotopic (exact) mass is 544 g/mol. The van der Waals surface area contributed by atoms with Crippen molar-refractivity contribution in [3.8, 4) is 0 Å². The highest BCUT2D eigenvalue weighted by Crippen LogP contribution is 2.65. The fourth-order valence-electron chi connectivity index (χ4n) is 7.45. The van der Waals surface area contributed by atoms with Crippen molar-refractivity contribution in [1.29, 1.82) is 0 Å². The summed E-state index contributed by atoms with van der Waals surface area (Å²) in [5.74, 6) is 0.496. The minimum atomic E-state index is -0.372. The lowest BCUT2D eigenvalue weighted by molar-refractivity contribution is -0.164. The Kier molecular flexibility index (Phi) is 7.28. The molecule has 4 atom stereocenters. The van der Waals surface area contributed by atoms with Crippen molar-refractivity contribution in [2.24, 2.45) is 28.1 Å². The summed E-state index contributed by atoms with van der Waals surface area (Å²) in [5.41, 5.74) is 4.62. The van der Waals surface area contributed by atoms with Gasteiger partial charge in [0.1, 0.15) is 0 Å². The average molecular weight is 545 g/mol. The van der Waals surface area contributed by atoms with Crippen molar-refractivity contribution in [1.82, 2.24) is 0 Å². The lowest BCUT2D eigenvalue weighted by Crippen LogP contribution is -2.58. The van der Waals surface area contributed by atoms with Crippen LogP contribution in [-0.2, 0) is 36.7 Å². The Labute approximate surface area is 236 Å². The van der Waals surface area contributed by atoms with E-state index >= 15 is 0 Å². The maximum Gasteiger partial charge on any atom is 0.313 e. The third-order valence-corrected chi connectivity index (χ3v) is 9.66. The van der Waals surface area contributed by atoms with E-state index < -0.39 is 0 Å². The molecule has 2 saturated heterocycles. The van der Waals surface area contributed by atoms with Crippen LogP contribution in [0.25, 0.3) is 0 Å². The van der Waals surface area contributed by atoms with Crippen molar-refractivity contribution in [2.45, 2.75) is 52.9 Å². The molecule has 2 aromatic rings. The first-order valence-corrected chi connectivity index (χ1v) is 14.1. The minimum Gasteiger partial charge on any atom is -0.465 e. The Balaban J connectivity index is 0.000000162. The molecule has 4 fully saturated rings. The van der Waals surface area contributed by atoms with Crippen LogP contribution in [-0.4, -0.2) is 38.1 Å². The number of nitrogens with one attached hydrogen (secondary N) is 2. The van der Waals surface area contributed by atoms with Gasteiger partial charge in [0.05, 0.1) is 24.0 Å². The summed E-state index contributed by atoms with van der Waals surface area (Å²) in [7, 11) is 1.90. The van der Waals surface area contributed by atoms with E-state index in [4.69, 9.17) is 9.47 Å². The molecule has 0 radical (unpaired) electrons. The van der Waals surface area contributed by atoms with Crippen molar-refractivity contribution in [3.05, 3.63) is 71.8 Å². The topological polar surface area (TPSA) is 93.7 Å². The lowest BCUT2D eigenvalue weighted by atomic mass is 9.44. The van der Waals surface area contributed by atoms with Gasteiger partial charge in [-0.05, 0) is 72.9 Å². The molecule has 6 rings (SSSR count). The molecule has 4 unspecified atom stereocenters. The Morgan fingerprint density at radius 1 is 0.900 bits per heavy atom. The van der Waals surface area contributed by atoms with Crippen LogP contribution < -0.4 is 10.6 Å². The van der Waals surface area contributed by atoms with E-state index in [2.05, 4.69) is 43.2 Å². The zero-order valence-corrected chi connectivity index (χ0v) is 24.0. The van der Waals surface area contributed by atoms with E-state index in [0.717, 1.165) is 42.6 Å². The highest BCUT2D eigenvalue weighted by Gasteiger charge is 2.68. The number of esters is 2. The summed E-state index contributed by atoms with van der Waals surface area (Å²) < 4.78 is 10.6. The van der Waals surface area contributed by atoms with E-state index in [0.29, 0.717) is 31.5 Å². The Hall–Kier alpha value is -3.61. The number of carbonyl (C=O) groups excluding carboxylic acids is 3. The van der Waals surface area contributed by atoms with Crippen LogP contribution in [0, 0.1) is 28.1 Å². The molecular formula is C33H40N2O5. The summed E-state index contributed by atoms with van der Waals surface area (Å²) in [4.78, 5) is 35.5. The number of ether oxygens (including phenoxy) is 2. The summed E-state index contributed by atoms with van der Waals surface area (Å²) >= 11 is 0. The number of cyclic esters (lactones) is 2. The first-order chi connectivity index (χ1) is 19.0. The fourth-order valence-corrected chi connectivity index (χ4v) is 7.45. The number of hydrogen-bond donors (Lipinski definition) is 2. The fraction of sp³-hybridized carbons (Fsp3) is 0.485. The minimum absolute atomic E-state index is 0.0123. The Bertz CT molecular complexity index is 1320. The second-order valence-corrected chi connectivity index (χ2v) is 12.6. The van der Waals surface area contributed by atoms with Gasteiger partial charge in [-0.2, -0.15) is 0 Å². The zero-order valence-electron chi connectivity index (χ0n) is 24.0. The summed E-state index contributed by atoms with van der Waals surface area (Å²) in [5, 5.41) is 5.85. The van der Waals surface area contributed by atoms with Gasteiger partial charge in [-0.25, -0.2) is 0 Å². The standard InChI is InChI=1S/C17H21NO3.C16H19NO2/c1-11(19)18-14-6-4-12(5-7-14)8-17-13(9-16(17,2)3)10-21-15(17)20;1-11-7-13-10-19-15(18)16(13,8-11)9-12-3-5-14(17-2)6-4-12/h4-7,13H,8-10H2,1-3H3,(H,18,19);3-6,13,17H,1,7-10H2,2H3. The number of anilines is 2. The third-order valence-electron chi connectivity index (χ3n) is 9.66. The number of carbonyl (C=O) groups is 3. The van der Waals surface area contributed by atoms with Gasteiger partial charge < -0.3 is 20.1 Å². The molecule has 2 aromatic carbocycles. The molecule has 2 aliphatic heterocycles. The normalized spacial score (nSPS) is 29.2. The highest BCUT2D eigenvalue weighted by molar-refractivity contribution is 5.88. The lowest BCUT2D eigenvalue weighted by Gasteiger charge is -2.55. The van der Waals surface area contributed by atoms with Gasteiger partial charge in [-0.15, -0.1) is 0 Å². The number of allylic oxidation sites excluding steroid dienone is 1. The van der Waals surface area contributed by atoms with Crippen LogP contribution >= 0.6 is 0 Å². The predicted octanol–water partition coefficient (Wildman–Crippen LogP) is 5.56. The third kappa shape index (κ3) is 4.80. The van der Waals surface area contributed by atoms with Crippen LogP contribution in [0.3, 0.4) is 0 Å². The van der Waals surface area contributed by atoms with Gasteiger partial charge in [-0.3, -0.25) is 14.4 Å². The van der Waals surface area contributed by atoms with Gasteiger partial charge in [0.25, 0.3) is 0 Å². The first-order valence-electron chi connectivity index (χ1n) is 14.1. The van der Waals surface area contributed by atoms with Gasteiger partial charge in [0.15, 0.2) is 0 Å². The van der Waals surface area contributed by atoms with Gasteiger partial charge in [-0.1, -0.05) is 50.3 Å². The van der Waals surface area contributed by atoms with Crippen LogP contribution in [0.1, 0.15) is 51.2 Å². The van der Waals surface area contributed by atoms with E-state index in [-0.39, 0.29) is 34.1 Å². The molecule has 1 amide bonds. The summed E-state index contributed by atoms with van der Waals surface area (Å²) in [6.45, 7) is 11.0. The number of amides is 1. The Morgan fingerprint density at radius 2 is 1.48 bits per heavy atom. The second kappa shape index (κ2) is 10.4. The average Bonchev–Trinajstić information content (AvgIpc) is 3.48. The molecule has 7 nitrogen and oxygen atoms in total. The summed E-state index contributed by atoms with van der Waals surface area (Å²) in [6.07, 6.45) is 4.23. The van der Waals surface area contributed by atoms with Crippen molar-refractivity contribution in [2.75, 3.05) is 30.9 Å². The molecule has 2 saturated carbocycles. The van der Waals surface area contributed by atoms with Gasteiger partial charge >= 0.3 is 11.9 Å². The smallest absolute Gasteiger partial charge is 0.313 e. The zero-order chi connectivity index (χ0) is 28.7. The molecule has 0 aromatic heterocycles. The number of benzene rings is 2. The molecule has 212 valence electrons. The van der Waals surface area contributed by atoms with Crippen LogP contribution in [0.2, 0.25) is 0 Å². The Morgan fingerprint density at radius 3 is 2.05 bits per heavy atom. The highest BCUT2D eigenvalue weighted by atomic mass is 16.5. The SMILES string of the molecule is C=C1CC2COC(=O)C2(Cc2ccc(NC)cc2)C1.CC(=O)Nc1ccc(CC23C(=O)OCC2CC3(C)C)cc1. The molecule has 2 aliphatic carbocycles. The number of rotatable bonds is 6. The molecule has 4 aliphatic rings. The van der Waals surface area contributed by atoms with Crippen LogP contribution in [0.5, 0.6) is 0 Å². The number of hydrogen-bond acceptors (Lipinski definition) is 6. The molecule has 2 N–H and O–H groups in total. The summed E-state index contributed by atoms with van der Waals surface area (Å²) in [6, 6.07) is 16.0. The molecule has 0 bridgehead atoms.